The number of piperazine rings is 1. The van der Waals surface area contributed by atoms with Crippen molar-refractivity contribution in [2.75, 3.05) is 26.2 Å². The largest absolute Gasteiger partial charge is 0.416 e. The normalized spacial score (nSPS) is 17.7. The molecule has 0 aliphatic carbocycles. The van der Waals surface area contributed by atoms with Crippen molar-refractivity contribution in [2.24, 2.45) is 0 Å². The monoisotopic (exact) mass is 335 g/mol. The number of nitrogens with one attached hydrogen (secondary N) is 1. The molecule has 1 aromatic heterocycles. The number of alkyl halides is 3. The summed E-state index contributed by atoms with van der Waals surface area (Å²) in [6.45, 7) is 5.36. The minimum Gasteiger partial charge on any atom is -0.314 e. The topological polar surface area (TPSA) is 28.2 Å². The number of hydrogen-bond acceptors (Lipinski definition) is 3. The smallest absolute Gasteiger partial charge is 0.314 e. The molecule has 1 N–H and O–H groups in total. The van der Waals surface area contributed by atoms with Gasteiger partial charge in [0, 0.05) is 32.4 Å². The van der Waals surface area contributed by atoms with Gasteiger partial charge in [0.2, 0.25) is 0 Å². The summed E-state index contributed by atoms with van der Waals surface area (Å²) in [5.74, 6) is 0. The molecule has 2 aromatic rings. The van der Waals surface area contributed by atoms with Crippen LogP contribution in [0, 0.1) is 6.92 Å². The average Bonchev–Trinajstić information content (AvgIpc) is 2.58. The number of halogens is 3. The molecule has 1 unspecified atom stereocenters. The lowest BCUT2D eigenvalue weighted by molar-refractivity contribution is -0.137. The molecule has 0 bridgehead atoms. The van der Waals surface area contributed by atoms with Gasteiger partial charge >= 0.3 is 6.18 Å². The molecule has 1 aliphatic rings. The van der Waals surface area contributed by atoms with Crippen molar-refractivity contribution in [2.45, 2.75) is 19.1 Å². The number of aryl methyl sites for hydroxylation is 1. The molecule has 1 fully saturated rings. The van der Waals surface area contributed by atoms with Crippen molar-refractivity contribution < 1.29 is 13.2 Å². The molecule has 24 heavy (non-hydrogen) atoms. The molecule has 128 valence electrons. The fraction of sp³-hybridized carbons (Fsp3) is 0.389. The molecule has 1 aliphatic heterocycles. The molecule has 0 saturated carbocycles. The first-order chi connectivity index (χ1) is 11.4. The number of hydrogen-bond donors (Lipinski definition) is 1. The molecule has 3 rings (SSSR count). The Kier molecular flexibility index (Phi) is 4.87. The predicted octanol–water partition coefficient (Wildman–Crippen LogP) is 3.40. The van der Waals surface area contributed by atoms with Crippen LogP contribution in [0.15, 0.2) is 42.6 Å². The van der Waals surface area contributed by atoms with Crippen molar-refractivity contribution in [3.63, 3.8) is 0 Å². The van der Waals surface area contributed by atoms with Gasteiger partial charge in [0.1, 0.15) is 0 Å². The number of nitrogens with zero attached hydrogens (tertiary/aromatic N) is 2. The van der Waals surface area contributed by atoms with Crippen LogP contribution in [0.3, 0.4) is 0 Å². The van der Waals surface area contributed by atoms with Gasteiger partial charge in [0.05, 0.1) is 17.3 Å². The van der Waals surface area contributed by atoms with Crippen LogP contribution in [0.2, 0.25) is 0 Å². The molecule has 3 nitrogen and oxygen atoms in total. The molecule has 0 amide bonds. The summed E-state index contributed by atoms with van der Waals surface area (Å²) >= 11 is 0. The van der Waals surface area contributed by atoms with E-state index >= 15 is 0 Å². The van der Waals surface area contributed by atoms with Gasteiger partial charge in [0.15, 0.2) is 0 Å². The summed E-state index contributed by atoms with van der Waals surface area (Å²) in [5.41, 5.74) is 2.14. The van der Waals surface area contributed by atoms with Crippen LogP contribution in [-0.2, 0) is 6.18 Å². The maximum Gasteiger partial charge on any atom is 0.416 e. The van der Waals surface area contributed by atoms with E-state index in [2.05, 4.69) is 15.2 Å². The van der Waals surface area contributed by atoms with Crippen LogP contribution in [0.25, 0.3) is 0 Å². The predicted molar refractivity (Wildman–Crippen MR) is 86.7 cm³/mol. The van der Waals surface area contributed by atoms with Gasteiger partial charge in [-0.05, 0) is 36.2 Å². The molecule has 1 saturated heterocycles. The van der Waals surface area contributed by atoms with Gasteiger partial charge < -0.3 is 5.32 Å². The third-order valence-electron chi connectivity index (χ3n) is 4.28. The summed E-state index contributed by atoms with van der Waals surface area (Å²) in [4.78, 5) is 6.78. The van der Waals surface area contributed by atoms with Crippen LogP contribution < -0.4 is 5.32 Å². The highest BCUT2D eigenvalue weighted by atomic mass is 19.4. The van der Waals surface area contributed by atoms with Gasteiger partial charge in [-0.3, -0.25) is 9.88 Å². The first-order valence-corrected chi connectivity index (χ1v) is 7.99. The Morgan fingerprint density at radius 3 is 2.25 bits per heavy atom. The Bertz CT molecular complexity index is 659. The zero-order valence-corrected chi connectivity index (χ0v) is 13.5. The third kappa shape index (κ3) is 3.76. The van der Waals surface area contributed by atoms with Gasteiger partial charge in [-0.2, -0.15) is 13.2 Å². The van der Waals surface area contributed by atoms with Gasteiger partial charge in [-0.25, -0.2) is 0 Å². The van der Waals surface area contributed by atoms with E-state index in [1.54, 1.807) is 18.3 Å². The summed E-state index contributed by atoms with van der Waals surface area (Å²) < 4.78 is 38.4. The van der Waals surface area contributed by atoms with Crippen molar-refractivity contribution in [3.05, 3.63) is 65.0 Å². The van der Waals surface area contributed by atoms with Crippen molar-refractivity contribution in [3.8, 4) is 0 Å². The lowest BCUT2D eigenvalue weighted by atomic mass is 9.98. The summed E-state index contributed by atoms with van der Waals surface area (Å²) in [5, 5.41) is 3.30. The SMILES string of the molecule is Cc1ccc(C(c2ccc(C(F)(F)F)cc2)N2CCNCC2)nc1. The second-order valence-electron chi connectivity index (χ2n) is 6.07. The molecule has 0 spiro atoms. The van der Waals surface area contributed by atoms with E-state index in [0.717, 1.165) is 55.1 Å². The van der Waals surface area contributed by atoms with Crippen LogP contribution in [0.1, 0.15) is 28.4 Å². The highest BCUT2D eigenvalue weighted by Crippen LogP contribution is 2.32. The third-order valence-corrected chi connectivity index (χ3v) is 4.28. The minimum atomic E-state index is -4.31. The van der Waals surface area contributed by atoms with Crippen molar-refractivity contribution in [1.29, 1.82) is 0 Å². The lowest BCUT2D eigenvalue weighted by Gasteiger charge is -2.35. The number of aromatic nitrogens is 1. The number of rotatable bonds is 3. The molecule has 1 atom stereocenters. The Morgan fingerprint density at radius 1 is 1.04 bits per heavy atom. The number of benzene rings is 1. The van der Waals surface area contributed by atoms with E-state index in [4.69, 9.17) is 0 Å². The average molecular weight is 335 g/mol. The second-order valence-corrected chi connectivity index (χ2v) is 6.07. The molecule has 2 heterocycles. The van der Waals surface area contributed by atoms with Crippen LogP contribution in [0.5, 0.6) is 0 Å². The molecule has 0 radical (unpaired) electrons. The molecular weight excluding hydrogens is 315 g/mol. The Balaban J connectivity index is 1.96. The lowest BCUT2D eigenvalue weighted by Crippen LogP contribution is -2.45. The van der Waals surface area contributed by atoms with E-state index in [9.17, 15) is 13.2 Å². The highest BCUT2D eigenvalue weighted by Gasteiger charge is 2.31. The molecular formula is C18H20F3N3. The Hall–Kier alpha value is -1.92. The quantitative estimate of drug-likeness (QED) is 0.932. The van der Waals surface area contributed by atoms with E-state index in [1.807, 2.05) is 19.1 Å². The van der Waals surface area contributed by atoms with E-state index in [0.29, 0.717) is 0 Å². The Labute approximate surface area is 139 Å². The standard InChI is InChI=1S/C18H20F3N3/c1-13-2-7-16(23-12-13)17(24-10-8-22-9-11-24)14-3-5-15(6-4-14)18(19,20)21/h2-7,12,17,22H,8-11H2,1H3. The van der Waals surface area contributed by atoms with Crippen LogP contribution >= 0.6 is 0 Å². The molecule has 1 aromatic carbocycles. The minimum absolute atomic E-state index is 0.130. The first kappa shape index (κ1) is 16.9. The van der Waals surface area contributed by atoms with E-state index < -0.39 is 11.7 Å². The van der Waals surface area contributed by atoms with Crippen LogP contribution in [-0.4, -0.2) is 36.1 Å². The summed E-state index contributed by atoms with van der Waals surface area (Å²) in [6.07, 6.45) is -2.51. The van der Waals surface area contributed by atoms with E-state index in [-0.39, 0.29) is 6.04 Å². The second kappa shape index (κ2) is 6.91. The Morgan fingerprint density at radius 2 is 1.71 bits per heavy atom. The fourth-order valence-electron chi connectivity index (χ4n) is 3.00. The van der Waals surface area contributed by atoms with Crippen molar-refractivity contribution in [1.82, 2.24) is 15.2 Å². The van der Waals surface area contributed by atoms with Gasteiger partial charge in [0.25, 0.3) is 0 Å². The maximum atomic E-state index is 12.8. The maximum absolute atomic E-state index is 12.8. The zero-order chi connectivity index (χ0) is 17.2. The van der Waals surface area contributed by atoms with Crippen LogP contribution in [0.4, 0.5) is 13.2 Å². The van der Waals surface area contributed by atoms with Crippen molar-refractivity contribution >= 4 is 0 Å². The molecule has 6 heteroatoms. The highest BCUT2D eigenvalue weighted by molar-refractivity contribution is 5.32. The first-order valence-electron chi connectivity index (χ1n) is 7.99. The van der Waals surface area contributed by atoms with E-state index in [1.165, 1.54) is 0 Å². The van der Waals surface area contributed by atoms with Gasteiger partial charge in [-0.1, -0.05) is 18.2 Å². The summed E-state index contributed by atoms with van der Waals surface area (Å²) in [6, 6.07) is 9.25. The number of pyridine rings is 1. The fourth-order valence-corrected chi connectivity index (χ4v) is 3.00. The zero-order valence-electron chi connectivity index (χ0n) is 13.5. The van der Waals surface area contributed by atoms with Gasteiger partial charge in [-0.15, -0.1) is 0 Å². The summed E-state index contributed by atoms with van der Waals surface area (Å²) in [7, 11) is 0.